The van der Waals surface area contributed by atoms with Crippen LogP contribution >= 0.6 is 0 Å². The molecule has 2 aromatic rings. The average molecular weight is 413 g/mol. The maximum atomic E-state index is 13.9. The number of carbonyl (C=O) groups excluding carboxylic acids is 2. The number of ether oxygens (including phenoxy) is 2. The first-order valence-corrected chi connectivity index (χ1v) is 10.0. The lowest BCUT2D eigenvalue weighted by molar-refractivity contribution is -0.148. The minimum absolute atomic E-state index is 0.0743. The van der Waals surface area contributed by atoms with E-state index in [1.54, 1.807) is 27.7 Å². The van der Waals surface area contributed by atoms with Gasteiger partial charge in [0.2, 0.25) is 0 Å². The van der Waals surface area contributed by atoms with E-state index in [0.717, 1.165) is 22.3 Å². The maximum absolute atomic E-state index is 13.9. The normalized spacial score (nSPS) is 16.2. The summed E-state index contributed by atoms with van der Waals surface area (Å²) in [4.78, 5) is 24.2. The van der Waals surface area contributed by atoms with Gasteiger partial charge in [0.25, 0.3) is 0 Å². The Labute approximate surface area is 176 Å². The molecule has 0 aliphatic heterocycles. The van der Waals surface area contributed by atoms with Crippen molar-refractivity contribution in [1.29, 1.82) is 0 Å². The Morgan fingerprint density at radius 3 is 1.97 bits per heavy atom. The summed E-state index contributed by atoms with van der Waals surface area (Å²) in [5, 5.41) is 2.38. The Hall–Kier alpha value is -2.73. The van der Waals surface area contributed by atoms with Crippen LogP contribution in [0.4, 0.5) is 9.18 Å². The lowest BCUT2D eigenvalue weighted by atomic mass is 9.96. The lowest BCUT2D eigenvalue weighted by Gasteiger charge is -2.35. The van der Waals surface area contributed by atoms with E-state index < -0.39 is 29.4 Å². The van der Waals surface area contributed by atoms with E-state index in [9.17, 15) is 14.0 Å². The first kappa shape index (κ1) is 22.0. The van der Waals surface area contributed by atoms with Gasteiger partial charge < -0.3 is 14.8 Å². The van der Waals surface area contributed by atoms with Gasteiger partial charge in [0, 0.05) is 5.92 Å². The highest BCUT2D eigenvalue weighted by Gasteiger charge is 2.44. The minimum Gasteiger partial charge on any atom is -0.449 e. The molecule has 0 saturated carbocycles. The Morgan fingerprint density at radius 2 is 1.50 bits per heavy atom. The standard InChI is InChI=1S/C24H28FNO4/c1-15(30-23(2,3)4)24(5,21(25)27)26-22(28)29-14-20-18-12-8-6-10-16(18)17-11-7-9-13-19(17)20/h6-13,15,20H,14H2,1-5H3,(H,26,28). The van der Waals surface area contributed by atoms with Crippen molar-refractivity contribution >= 4 is 12.1 Å². The van der Waals surface area contributed by atoms with Crippen LogP contribution in [-0.4, -0.2) is 36.0 Å². The quantitative estimate of drug-likeness (QED) is 0.678. The zero-order chi connectivity index (χ0) is 22.1. The molecular formula is C24H28FNO4. The van der Waals surface area contributed by atoms with Gasteiger partial charge in [-0.15, -0.1) is 0 Å². The number of rotatable bonds is 6. The molecule has 1 aliphatic carbocycles. The Bertz CT molecular complexity index is 907. The predicted molar refractivity (Wildman–Crippen MR) is 113 cm³/mol. The third kappa shape index (κ3) is 4.38. The van der Waals surface area contributed by atoms with Gasteiger partial charge in [-0.3, -0.25) is 4.79 Å². The fraction of sp³-hybridized carbons (Fsp3) is 0.417. The highest BCUT2D eigenvalue weighted by Crippen LogP contribution is 2.44. The Balaban J connectivity index is 1.73. The largest absolute Gasteiger partial charge is 0.449 e. The number of fused-ring (bicyclic) bond motifs is 3. The fourth-order valence-electron chi connectivity index (χ4n) is 3.81. The van der Waals surface area contributed by atoms with Crippen molar-refractivity contribution in [3.8, 4) is 11.1 Å². The van der Waals surface area contributed by atoms with E-state index in [1.165, 1.54) is 6.92 Å². The molecular weight excluding hydrogens is 385 g/mol. The summed E-state index contributed by atoms with van der Waals surface area (Å²) in [6, 6.07) is 14.3. The van der Waals surface area contributed by atoms with Gasteiger partial charge in [0.15, 0.2) is 5.54 Å². The number of halogens is 1. The monoisotopic (exact) mass is 413 g/mol. The lowest BCUT2D eigenvalue weighted by Crippen LogP contribution is -2.60. The van der Waals surface area contributed by atoms with Gasteiger partial charge in [-0.25, -0.2) is 4.79 Å². The second-order valence-corrected chi connectivity index (χ2v) is 8.80. The van der Waals surface area contributed by atoms with E-state index in [1.807, 2.05) is 48.5 Å². The summed E-state index contributed by atoms with van der Waals surface area (Å²) < 4.78 is 25.0. The SMILES string of the molecule is CC(OC(C)(C)C)C(C)(NC(=O)OCC1c2ccccc2-c2ccccc21)C(=O)F. The van der Waals surface area contributed by atoms with Crippen molar-refractivity contribution in [2.24, 2.45) is 0 Å². The number of alkyl carbamates (subject to hydrolysis) is 1. The van der Waals surface area contributed by atoms with Gasteiger partial charge in [0.1, 0.15) is 6.61 Å². The number of hydrogen-bond acceptors (Lipinski definition) is 4. The molecule has 0 heterocycles. The summed E-state index contributed by atoms with van der Waals surface area (Å²) >= 11 is 0. The molecule has 2 aromatic carbocycles. The van der Waals surface area contributed by atoms with Crippen molar-refractivity contribution < 1.29 is 23.5 Å². The van der Waals surface area contributed by atoms with Crippen molar-refractivity contribution in [2.45, 2.75) is 57.8 Å². The molecule has 0 bridgehead atoms. The number of carbonyl (C=O) groups is 2. The minimum atomic E-state index is -1.85. The zero-order valence-electron chi connectivity index (χ0n) is 18.0. The summed E-state index contributed by atoms with van der Waals surface area (Å²) in [5.41, 5.74) is 1.89. The van der Waals surface area contributed by atoms with Gasteiger partial charge in [-0.2, -0.15) is 4.39 Å². The van der Waals surface area contributed by atoms with E-state index in [2.05, 4.69) is 5.32 Å². The molecule has 30 heavy (non-hydrogen) atoms. The maximum Gasteiger partial charge on any atom is 0.408 e. The van der Waals surface area contributed by atoms with Crippen molar-refractivity contribution in [1.82, 2.24) is 5.32 Å². The van der Waals surface area contributed by atoms with E-state index in [-0.39, 0.29) is 12.5 Å². The molecule has 1 N–H and O–H groups in total. The van der Waals surface area contributed by atoms with Crippen LogP contribution < -0.4 is 5.32 Å². The van der Waals surface area contributed by atoms with Crippen LogP contribution in [0.3, 0.4) is 0 Å². The summed E-state index contributed by atoms with van der Waals surface area (Å²) in [6.07, 6.45) is -1.76. The summed E-state index contributed by atoms with van der Waals surface area (Å²) in [6.45, 7) is 8.30. The Kier molecular flexibility index (Phi) is 5.99. The second kappa shape index (κ2) is 8.19. The van der Waals surface area contributed by atoms with Crippen LogP contribution in [0.5, 0.6) is 0 Å². The molecule has 5 nitrogen and oxygen atoms in total. The molecule has 6 heteroatoms. The number of hydrogen-bond donors (Lipinski definition) is 1. The number of amides is 1. The molecule has 0 spiro atoms. The molecule has 3 rings (SSSR count). The summed E-state index contributed by atoms with van der Waals surface area (Å²) in [7, 11) is 0. The second-order valence-electron chi connectivity index (χ2n) is 8.80. The first-order chi connectivity index (χ1) is 14.0. The van der Waals surface area contributed by atoms with Crippen LogP contribution in [-0.2, 0) is 14.3 Å². The van der Waals surface area contributed by atoms with Gasteiger partial charge in [0.05, 0.1) is 11.7 Å². The van der Waals surface area contributed by atoms with Crippen molar-refractivity contribution in [3.63, 3.8) is 0 Å². The molecule has 1 amide bonds. The topological polar surface area (TPSA) is 64.6 Å². The molecule has 0 radical (unpaired) electrons. The van der Waals surface area contributed by atoms with Crippen LogP contribution in [0.25, 0.3) is 11.1 Å². The molecule has 160 valence electrons. The first-order valence-electron chi connectivity index (χ1n) is 10.0. The van der Waals surface area contributed by atoms with Crippen molar-refractivity contribution in [3.05, 3.63) is 59.7 Å². The van der Waals surface area contributed by atoms with E-state index in [0.29, 0.717) is 0 Å². The van der Waals surface area contributed by atoms with Crippen molar-refractivity contribution in [2.75, 3.05) is 6.61 Å². The predicted octanol–water partition coefficient (Wildman–Crippen LogP) is 4.98. The zero-order valence-corrected chi connectivity index (χ0v) is 18.0. The number of nitrogens with one attached hydrogen (secondary N) is 1. The van der Waals surface area contributed by atoms with Crippen LogP contribution in [0.2, 0.25) is 0 Å². The third-order valence-electron chi connectivity index (χ3n) is 5.46. The van der Waals surface area contributed by atoms with E-state index >= 15 is 0 Å². The average Bonchev–Trinajstić information content (AvgIpc) is 2.98. The van der Waals surface area contributed by atoms with E-state index in [4.69, 9.17) is 9.47 Å². The fourth-order valence-corrected chi connectivity index (χ4v) is 3.81. The Morgan fingerprint density at radius 1 is 1.00 bits per heavy atom. The third-order valence-corrected chi connectivity index (χ3v) is 5.46. The highest BCUT2D eigenvalue weighted by atomic mass is 19.1. The molecule has 2 unspecified atom stereocenters. The smallest absolute Gasteiger partial charge is 0.408 e. The molecule has 0 aromatic heterocycles. The van der Waals surface area contributed by atoms with Crippen LogP contribution in [0, 0.1) is 0 Å². The molecule has 0 fully saturated rings. The van der Waals surface area contributed by atoms with Crippen LogP contribution in [0.1, 0.15) is 51.7 Å². The van der Waals surface area contributed by atoms with Gasteiger partial charge >= 0.3 is 12.1 Å². The summed E-state index contributed by atoms with van der Waals surface area (Å²) in [5.74, 6) is -0.126. The molecule has 1 aliphatic rings. The number of benzene rings is 2. The molecule has 2 atom stereocenters. The van der Waals surface area contributed by atoms with Gasteiger partial charge in [-0.05, 0) is 56.9 Å². The molecule has 0 saturated heterocycles. The highest BCUT2D eigenvalue weighted by molar-refractivity contribution is 5.85. The van der Waals surface area contributed by atoms with Gasteiger partial charge in [-0.1, -0.05) is 48.5 Å². The van der Waals surface area contributed by atoms with Crippen LogP contribution in [0.15, 0.2) is 48.5 Å².